The van der Waals surface area contributed by atoms with Crippen LogP contribution in [-0.2, 0) is 0 Å². The van der Waals surface area contributed by atoms with Gasteiger partial charge < -0.3 is 4.42 Å². The number of hydrazone groups is 1. The van der Waals surface area contributed by atoms with E-state index in [0.717, 1.165) is 10.9 Å². The standard InChI is InChI=1S/C20H13Cl2N3O2S/c1-11(14-7-6-13(21)9-16(14)22)24-25-20-23-17(10-28-20)15-8-12-4-2-3-5-18(12)27-19(15)26/h2-10H,1H3,(H,23,25)/b24-11-. The molecule has 0 saturated carbocycles. The zero-order chi connectivity index (χ0) is 19.7. The monoisotopic (exact) mass is 429 g/mol. The van der Waals surface area contributed by atoms with Crippen LogP contribution in [0, 0.1) is 0 Å². The molecule has 0 radical (unpaired) electrons. The summed E-state index contributed by atoms with van der Waals surface area (Å²) in [7, 11) is 0. The molecule has 2 heterocycles. The highest BCUT2D eigenvalue weighted by atomic mass is 35.5. The second kappa shape index (κ2) is 7.75. The van der Waals surface area contributed by atoms with Crippen molar-refractivity contribution < 1.29 is 4.42 Å². The molecule has 0 atom stereocenters. The Balaban J connectivity index is 1.60. The third-order valence-electron chi connectivity index (χ3n) is 4.06. The average molecular weight is 430 g/mol. The average Bonchev–Trinajstić information content (AvgIpc) is 3.14. The molecule has 28 heavy (non-hydrogen) atoms. The Labute approximate surface area is 174 Å². The van der Waals surface area contributed by atoms with Gasteiger partial charge in [-0.3, -0.25) is 5.43 Å². The minimum Gasteiger partial charge on any atom is -0.422 e. The summed E-state index contributed by atoms with van der Waals surface area (Å²) in [6, 6.07) is 14.4. The first-order valence-corrected chi connectivity index (χ1v) is 9.89. The number of aromatic nitrogens is 1. The van der Waals surface area contributed by atoms with Crippen LogP contribution in [0.1, 0.15) is 12.5 Å². The highest BCUT2D eigenvalue weighted by molar-refractivity contribution is 7.14. The molecule has 140 valence electrons. The van der Waals surface area contributed by atoms with Gasteiger partial charge in [0.1, 0.15) is 5.58 Å². The van der Waals surface area contributed by atoms with Crippen molar-refractivity contribution in [2.45, 2.75) is 6.92 Å². The molecule has 0 bridgehead atoms. The number of anilines is 1. The molecule has 5 nitrogen and oxygen atoms in total. The van der Waals surface area contributed by atoms with Crippen LogP contribution in [0.25, 0.3) is 22.2 Å². The van der Waals surface area contributed by atoms with Crippen molar-refractivity contribution >= 4 is 56.4 Å². The fraction of sp³-hybridized carbons (Fsp3) is 0.0500. The maximum Gasteiger partial charge on any atom is 0.345 e. The molecule has 0 spiro atoms. The highest BCUT2D eigenvalue weighted by Crippen LogP contribution is 2.26. The molecule has 4 aromatic rings. The van der Waals surface area contributed by atoms with Crippen molar-refractivity contribution in [2.24, 2.45) is 5.10 Å². The van der Waals surface area contributed by atoms with Gasteiger partial charge in [-0.2, -0.15) is 5.10 Å². The maximum absolute atomic E-state index is 12.3. The van der Waals surface area contributed by atoms with E-state index in [1.807, 2.05) is 25.1 Å². The minimum absolute atomic E-state index is 0.407. The summed E-state index contributed by atoms with van der Waals surface area (Å²) < 4.78 is 5.37. The van der Waals surface area contributed by atoms with Crippen LogP contribution in [0.2, 0.25) is 10.0 Å². The lowest BCUT2D eigenvalue weighted by Gasteiger charge is -2.04. The zero-order valence-corrected chi connectivity index (χ0v) is 16.9. The summed E-state index contributed by atoms with van der Waals surface area (Å²) in [5.41, 5.74) is 5.41. The van der Waals surface area contributed by atoms with Crippen molar-refractivity contribution in [1.82, 2.24) is 4.98 Å². The third kappa shape index (κ3) is 3.80. The highest BCUT2D eigenvalue weighted by Gasteiger charge is 2.12. The number of nitrogens with zero attached hydrogens (tertiary/aromatic N) is 2. The maximum atomic E-state index is 12.3. The Morgan fingerprint density at radius 2 is 2.00 bits per heavy atom. The van der Waals surface area contributed by atoms with Gasteiger partial charge in [0, 0.05) is 21.4 Å². The molecule has 2 aromatic carbocycles. The van der Waals surface area contributed by atoms with Gasteiger partial charge in [0.05, 0.1) is 22.0 Å². The van der Waals surface area contributed by atoms with E-state index >= 15 is 0 Å². The van der Waals surface area contributed by atoms with E-state index in [1.165, 1.54) is 11.3 Å². The Morgan fingerprint density at radius 1 is 1.18 bits per heavy atom. The van der Waals surface area contributed by atoms with Crippen LogP contribution >= 0.6 is 34.5 Å². The molecule has 0 fully saturated rings. The molecular formula is C20H13Cl2N3O2S. The first kappa shape index (κ1) is 18.7. The van der Waals surface area contributed by atoms with E-state index in [-0.39, 0.29) is 0 Å². The summed E-state index contributed by atoms with van der Waals surface area (Å²) in [6.45, 7) is 1.83. The van der Waals surface area contributed by atoms with Crippen molar-refractivity contribution in [1.29, 1.82) is 0 Å². The number of rotatable bonds is 4. The lowest BCUT2D eigenvalue weighted by Crippen LogP contribution is -2.03. The van der Waals surface area contributed by atoms with Gasteiger partial charge in [-0.05, 0) is 31.2 Å². The number of benzene rings is 2. The lowest BCUT2D eigenvalue weighted by atomic mass is 10.1. The number of halogens is 2. The van der Waals surface area contributed by atoms with E-state index in [1.54, 1.807) is 35.7 Å². The quantitative estimate of drug-likeness (QED) is 0.243. The first-order valence-electron chi connectivity index (χ1n) is 8.26. The molecule has 1 N–H and O–H groups in total. The third-order valence-corrected chi connectivity index (χ3v) is 5.36. The van der Waals surface area contributed by atoms with Crippen LogP contribution in [0.3, 0.4) is 0 Å². The second-order valence-corrected chi connectivity index (χ2v) is 7.66. The van der Waals surface area contributed by atoms with Crippen molar-refractivity contribution in [3.05, 3.63) is 79.9 Å². The van der Waals surface area contributed by atoms with E-state index in [9.17, 15) is 4.79 Å². The molecule has 8 heteroatoms. The topological polar surface area (TPSA) is 67.5 Å². The Bertz CT molecular complexity index is 1260. The summed E-state index contributed by atoms with van der Waals surface area (Å²) in [4.78, 5) is 16.7. The Hall–Kier alpha value is -2.67. The molecule has 4 rings (SSSR count). The molecule has 0 unspecified atom stereocenters. The van der Waals surface area contributed by atoms with Crippen LogP contribution < -0.4 is 11.1 Å². The van der Waals surface area contributed by atoms with Gasteiger partial charge in [-0.1, -0.05) is 47.5 Å². The molecular weight excluding hydrogens is 417 g/mol. The number of hydrogen-bond acceptors (Lipinski definition) is 6. The zero-order valence-electron chi connectivity index (χ0n) is 14.6. The van der Waals surface area contributed by atoms with Gasteiger partial charge in [-0.15, -0.1) is 11.3 Å². The fourth-order valence-electron chi connectivity index (χ4n) is 2.66. The molecule has 0 aliphatic carbocycles. The van der Waals surface area contributed by atoms with E-state index in [2.05, 4.69) is 15.5 Å². The van der Waals surface area contributed by atoms with E-state index in [4.69, 9.17) is 27.6 Å². The van der Waals surface area contributed by atoms with E-state index < -0.39 is 5.63 Å². The van der Waals surface area contributed by atoms with Crippen LogP contribution in [0.5, 0.6) is 0 Å². The van der Waals surface area contributed by atoms with Crippen LogP contribution in [-0.4, -0.2) is 10.7 Å². The van der Waals surface area contributed by atoms with Gasteiger partial charge in [0.25, 0.3) is 0 Å². The Morgan fingerprint density at radius 3 is 2.82 bits per heavy atom. The number of para-hydroxylation sites is 1. The minimum atomic E-state index is -0.428. The van der Waals surface area contributed by atoms with Crippen molar-refractivity contribution in [2.75, 3.05) is 5.43 Å². The van der Waals surface area contributed by atoms with Gasteiger partial charge in [0.2, 0.25) is 5.13 Å². The molecule has 0 saturated heterocycles. The normalized spacial score (nSPS) is 11.8. The summed E-state index contributed by atoms with van der Waals surface area (Å²) in [5.74, 6) is 0. The van der Waals surface area contributed by atoms with Crippen LogP contribution in [0.4, 0.5) is 5.13 Å². The van der Waals surface area contributed by atoms with Crippen LogP contribution in [0.15, 0.2) is 68.2 Å². The predicted octanol–water partition coefficient (Wildman–Crippen LogP) is 6.06. The largest absolute Gasteiger partial charge is 0.422 e. The summed E-state index contributed by atoms with van der Waals surface area (Å²) in [5, 5.41) is 8.57. The number of thiazole rings is 1. The molecule has 0 amide bonds. The summed E-state index contributed by atoms with van der Waals surface area (Å²) >= 11 is 13.5. The lowest BCUT2D eigenvalue weighted by molar-refractivity contribution is 0.563. The Kier molecular flexibility index (Phi) is 5.17. The molecule has 2 aromatic heterocycles. The number of nitrogens with one attached hydrogen (secondary N) is 1. The van der Waals surface area contributed by atoms with Gasteiger partial charge in [-0.25, -0.2) is 9.78 Å². The van der Waals surface area contributed by atoms with Crippen molar-refractivity contribution in [3.8, 4) is 11.3 Å². The SMILES string of the molecule is C/C(=N/Nc1nc(-c2cc3ccccc3oc2=O)cs1)c1ccc(Cl)cc1Cl. The smallest absolute Gasteiger partial charge is 0.345 e. The first-order chi connectivity index (χ1) is 13.5. The van der Waals surface area contributed by atoms with Gasteiger partial charge >= 0.3 is 5.63 Å². The fourth-order valence-corrected chi connectivity index (χ4v) is 3.86. The molecule has 0 aliphatic heterocycles. The van der Waals surface area contributed by atoms with E-state index in [0.29, 0.717) is 37.7 Å². The number of fused-ring (bicyclic) bond motifs is 1. The molecule has 0 aliphatic rings. The summed E-state index contributed by atoms with van der Waals surface area (Å²) in [6.07, 6.45) is 0. The van der Waals surface area contributed by atoms with Gasteiger partial charge in [0.15, 0.2) is 0 Å². The second-order valence-electron chi connectivity index (χ2n) is 5.96. The predicted molar refractivity (Wildman–Crippen MR) is 116 cm³/mol. The van der Waals surface area contributed by atoms with Crippen molar-refractivity contribution in [3.63, 3.8) is 0 Å². The number of hydrogen-bond donors (Lipinski definition) is 1.